The van der Waals surface area contributed by atoms with Gasteiger partial charge in [-0.2, -0.15) is 13.2 Å². The lowest BCUT2D eigenvalue weighted by Gasteiger charge is -2.30. The molecule has 0 aliphatic carbocycles. The number of likely N-dealkylation sites (tertiary alicyclic amines) is 1. The molecule has 1 aliphatic rings. The summed E-state index contributed by atoms with van der Waals surface area (Å²) in [5.41, 5.74) is 8.51. The standard InChI is InChI=1S/C25H27F3N6O2/c1-15-20(36-12-11-35-2)7-4-16-3-6-19(30-22(15)16)24-32-31-21-8-5-17(13-34(21)24)23(25(26,27)28)33-10-9-18(29)14-33/h3-8,13,18,23H,9-12,14,29H2,1-2H3. The van der Waals surface area contributed by atoms with Crippen molar-refractivity contribution in [2.75, 3.05) is 33.4 Å². The van der Waals surface area contributed by atoms with Crippen molar-refractivity contribution < 1.29 is 22.6 Å². The first kappa shape index (κ1) is 24.4. The van der Waals surface area contributed by atoms with Gasteiger partial charge >= 0.3 is 6.18 Å². The fourth-order valence-corrected chi connectivity index (χ4v) is 4.73. The van der Waals surface area contributed by atoms with Gasteiger partial charge in [-0.25, -0.2) is 4.98 Å². The number of pyridine rings is 2. The molecule has 1 saturated heterocycles. The summed E-state index contributed by atoms with van der Waals surface area (Å²) in [6.45, 7) is 3.26. The first-order valence-corrected chi connectivity index (χ1v) is 11.7. The van der Waals surface area contributed by atoms with Gasteiger partial charge in [-0.3, -0.25) is 9.30 Å². The number of aryl methyl sites for hydroxylation is 1. The summed E-state index contributed by atoms with van der Waals surface area (Å²) in [6, 6.07) is 8.47. The molecule has 4 heterocycles. The maximum Gasteiger partial charge on any atom is 0.408 e. The van der Waals surface area contributed by atoms with Crippen LogP contribution in [0.15, 0.2) is 42.6 Å². The van der Waals surface area contributed by atoms with Crippen molar-refractivity contribution in [3.8, 4) is 17.3 Å². The molecule has 1 fully saturated rings. The highest BCUT2D eigenvalue weighted by Crippen LogP contribution is 2.39. The lowest BCUT2D eigenvalue weighted by Crippen LogP contribution is -2.38. The monoisotopic (exact) mass is 500 g/mol. The predicted molar refractivity (Wildman–Crippen MR) is 129 cm³/mol. The largest absolute Gasteiger partial charge is 0.491 e. The second-order valence-corrected chi connectivity index (χ2v) is 9.00. The third kappa shape index (κ3) is 4.61. The van der Waals surface area contributed by atoms with Crippen LogP contribution >= 0.6 is 0 Å². The van der Waals surface area contributed by atoms with Crippen LogP contribution in [0.25, 0.3) is 28.1 Å². The minimum Gasteiger partial charge on any atom is -0.491 e. The Morgan fingerprint density at radius 3 is 2.64 bits per heavy atom. The van der Waals surface area contributed by atoms with E-state index in [0.29, 0.717) is 49.1 Å². The number of benzene rings is 1. The van der Waals surface area contributed by atoms with Crippen molar-refractivity contribution >= 4 is 16.6 Å². The molecule has 1 aliphatic heterocycles. The minimum atomic E-state index is -4.45. The van der Waals surface area contributed by atoms with Crippen molar-refractivity contribution in [3.05, 3.63) is 53.7 Å². The Bertz CT molecular complexity index is 1390. The Hall–Kier alpha value is -3.28. The summed E-state index contributed by atoms with van der Waals surface area (Å²) >= 11 is 0. The third-order valence-corrected chi connectivity index (χ3v) is 6.51. The lowest BCUT2D eigenvalue weighted by molar-refractivity contribution is -0.183. The number of ether oxygens (including phenoxy) is 2. The van der Waals surface area contributed by atoms with Crippen LogP contribution in [0.2, 0.25) is 0 Å². The molecule has 0 saturated carbocycles. The zero-order valence-electron chi connectivity index (χ0n) is 20.0. The van der Waals surface area contributed by atoms with E-state index < -0.39 is 12.2 Å². The molecule has 4 aromatic rings. The fourth-order valence-electron chi connectivity index (χ4n) is 4.73. The summed E-state index contributed by atoms with van der Waals surface area (Å²) in [5.74, 6) is 1.05. The number of hydrogen-bond donors (Lipinski definition) is 1. The van der Waals surface area contributed by atoms with Crippen LogP contribution in [0.4, 0.5) is 13.2 Å². The molecule has 0 bridgehead atoms. The number of alkyl halides is 3. The van der Waals surface area contributed by atoms with E-state index in [-0.39, 0.29) is 18.2 Å². The number of nitrogens with zero attached hydrogens (tertiary/aromatic N) is 5. The lowest BCUT2D eigenvalue weighted by atomic mass is 10.1. The summed E-state index contributed by atoms with van der Waals surface area (Å²) in [7, 11) is 1.61. The molecule has 1 aromatic carbocycles. The van der Waals surface area contributed by atoms with Gasteiger partial charge in [0.2, 0.25) is 0 Å². The molecule has 190 valence electrons. The average Bonchev–Trinajstić information content (AvgIpc) is 3.46. The molecule has 0 amide bonds. The van der Waals surface area contributed by atoms with Gasteiger partial charge in [-0.15, -0.1) is 10.2 Å². The van der Waals surface area contributed by atoms with Crippen LogP contribution in [0.1, 0.15) is 23.6 Å². The molecule has 2 N–H and O–H groups in total. The number of hydrogen-bond acceptors (Lipinski definition) is 7. The van der Waals surface area contributed by atoms with E-state index in [1.54, 1.807) is 23.6 Å². The van der Waals surface area contributed by atoms with Gasteiger partial charge in [0.25, 0.3) is 0 Å². The van der Waals surface area contributed by atoms with Gasteiger partial charge in [0, 0.05) is 43.4 Å². The number of rotatable bonds is 7. The Balaban J connectivity index is 1.56. The molecule has 3 aromatic heterocycles. The van der Waals surface area contributed by atoms with Crippen molar-refractivity contribution in [2.24, 2.45) is 5.73 Å². The van der Waals surface area contributed by atoms with Crippen LogP contribution in [0, 0.1) is 6.92 Å². The molecular weight excluding hydrogens is 473 g/mol. The highest BCUT2D eigenvalue weighted by Gasteiger charge is 2.46. The first-order chi connectivity index (χ1) is 17.3. The van der Waals surface area contributed by atoms with Crippen LogP contribution in [-0.4, -0.2) is 70.1 Å². The van der Waals surface area contributed by atoms with Crippen molar-refractivity contribution in [3.63, 3.8) is 0 Å². The van der Waals surface area contributed by atoms with E-state index in [1.165, 1.54) is 17.2 Å². The van der Waals surface area contributed by atoms with Gasteiger partial charge in [-0.1, -0.05) is 12.1 Å². The molecule has 8 nitrogen and oxygen atoms in total. The Kier molecular flexibility index (Phi) is 6.54. The fraction of sp³-hybridized carbons (Fsp3) is 0.400. The van der Waals surface area contributed by atoms with Crippen molar-refractivity contribution in [1.29, 1.82) is 0 Å². The number of fused-ring (bicyclic) bond motifs is 2. The minimum absolute atomic E-state index is 0.107. The van der Waals surface area contributed by atoms with E-state index in [9.17, 15) is 13.2 Å². The van der Waals surface area contributed by atoms with Gasteiger partial charge in [0.05, 0.1) is 12.1 Å². The third-order valence-electron chi connectivity index (χ3n) is 6.51. The highest BCUT2D eigenvalue weighted by molar-refractivity contribution is 5.85. The highest BCUT2D eigenvalue weighted by atomic mass is 19.4. The summed E-state index contributed by atoms with van der Waals surface area (Å²) in [4.78, 5) is 6.17. The number of halogens is 3. The zero-order valence-corrected chi connectivity index (χ0v) is 20.0. The van der Waals surface area contributed by atoms with E-state index in [1.807, 2.05) is 25.1 Å². The number of aromatic nitrogens is 4. The molecule has 5 rings (SSSR count). The molecule has 2 atom stereocenters. The van der Waals surface area contributed by atoms with Crippen LogP contribution in [0.5, 0.6) is 5.75 Å². The van der Waals surface area contributed by atoms with Gasteiger partial charge in [0.1, 0.15) is 24.1 Å². The first-order valence-electron chi connectivity index (χ1n) is 11.7. The second kappa shape index (κ2) is 9.64. The average molecular weight is 501 g/mol. The summed E-state index contributed by atoms with van der Waals surface area (Å²) in [6.07, 6.45) is -2.47. The molecular formula is C25H27F3N6O2. The Morgan fingerprint density at radius 2 is 1.92 bits per heavy atom. The van der Waals surface area contributed by atoms with Gasteiger partial charge in [0.15, 0.2) is 11.5 Å². The smallest absolute Gasteiger partial charge is 0.408 e. The summed E-state index contributed by atoms with van der Waals surface area (Å²) in [5, 5.41) is 9.31. The molecule has 36 heavy (non-hydrogen) atoms. The Morgan fingerprint density at radius 1 is 1.11 bits per heavy atom. The summed E-state index contributed by atoms with van der Waals surface area (Å²) < 4.78 is 54.8. The van der Waals surface area contributed by atoms with Crippen LogP contribution in [0.3, 0.4) is 0 Å². The molecule has 0 spiro atoms. The topological polar surface area (TPSA) is 90.8 Å². The van der Waals surface area contributed by atoms with E-state index in [2.05, 4.69) is 10.2 Å². The van der Waals surface area contributed by atoms with Crippen LogP contribution in [-0.2, 0) is 4.74 Å². The molecule has 2 unspecified atom stereocenters. The number of nitrogens with two attached hydrogens (primary N) is 1. The predicted octanol–water partition coefficient (Wildman–Crippen LogP) is 3.91. The SMILES string of the molecule is COCCOc1ccc2ccc(-c3nnc4ccc(C(N5CCC(N)C5)C(F)(F)F)cn34)nc2c1C. The van der Waals surface area contributed by atoms with Crippen molar-refractivity contribution in [1.82, 2.24) is 24.5 Å². The quantitative estimate of drug-likeness (QED) is 0.385. The van der Waals surface area contributed by atoms with Gasteiger partial charge in [-0.05, 0) is 43.2 Å². The van der Waals surface area contributed by atoms with Gasteiger partial charge < -0.3 is 15.2 Å². The molecule has 11 heteroatoms. The number of methoxy groups -OCH3 is 1. The van der Waals surface area contributed by atoms with E-state index in [0.717, 1.165) is 16.5 Å². The van der Waals surface area contributed by atoms with Crippen molar-refractivity contribution in [2.45, 2.75) is 31.6 Å². The zero-order chi connectivity index (χ0) is 25.4. The van der Waals surface area contributed by atoms with E-state index >= 15 is 0 Å². The normalized spacial score (nSPS) is 17.8. The molecule has 0 radical (unpaired) electrons. The van der Waals surface area contributed by atoms with E-state index in [4.69, 9.17) is 20.2 Å². The second-order valence-electron chi connectivity index (χ2n) is 9.00. The Labute approximate surface area is 205 Å². The van der Waals surface area contributed by atoms with Crippen LogP contribution < -0.4 is 10.5 Å². The maximum absolute atomic E-state index is 14.1. The maximum atomic E-state index is 14.1.